The Labute approximate surface area is 313 Å². The molecule has 256 valence electrons. The number of fused-ring (bicyclic) bond motifs is 6. The number of hydrogen-bond acceptors (Lipinski definition) is 2. The average Bonchev–Trinajstić information content (AvgIpc) is 3.72. The monoisotopic (exact) mass is 692 g/mol. The van der Waals surface area contributed by atoms with E-state index >= 15 is 0 Å². The van der Waals surface area contributed by atoms with Gasteiger partial charge in [-0.2, -0.15) is 0 Å². The van der Waals surface area contributed by atoms with Crippen LogP contribution in [0.3, 0.4) is 0 Å². The van der Waals surface area contributed by atoms with Crippen molar-refractivity contribution in [2.75, 3.05) is 0 Å². The quantitative estimate of drug-likeness (QED) is 0.174. The Morgan fingerprint density at radius 1 is 0.463 bits per heavy atom. The van der Waals surface area contributed by atoms with Crippen LogP contribution in [-0.2, 0) is 0 Å². The van der Waals surface area contributed by atoms with Crippen molar-refractivity contribution in [2.45, 2.75) is 13.8 Å². The highest BCUT2D eigenvalue weighted by molar-refractivity contribution is 6.19. The highest BCUT2D eigenvalue weighted by Gasteiger charge is 2.24. The highest BCUT2D eigenvalue weighted by Crippen LogP contribution is 2.41. The second-order valence-corrected chi connectivity index (χ2v) is 13.8. The van der Waals surface area contributed by atoms with Gasteiger partial charge >= 0.3 is 0 Å². The maximum atomic E-state index is 5.46. The lowest BCUT2D eigenvalue weighted by Gasteiger charge is -2.15. The molecule has 3 aromatic heterocycles. The van der Waals surface area contributed by atoms with Gasteiger partial charge < -0.3 is 4.57 Å². The van der Waals surface area contributed by atoms with E-state index < -0.39 is 0 Å². The fourth-order valence-electron chi connectivity index (χ4n) is 8.07. The summed E-state index contributed by atoms with van der Waals surface area (Å²) in [5.41, 5.74) is 12.9. The summed E-state index contributed by atoms with van der Waals surface area (Å²) in [5, 5.41) is 6.03. The van der Waals surface area contributed by atoms with Gasteiger partial charge in [0.15, 0.2) is 0 Å². The van der Waals surface area contributed by atoms with Gasteiger partial charge in [0.2, 0.25) is 5.95 Å². The summed E-state index contributed by atoms with van der Waals surface area (Å²) in [6.07, 6.45) is 4.30. The zero-order valence-corrected chi connectivity index (χ0v) is 30.1. The van der Waals surface area contributed by atoms with Crippen LogP contribution in [0.15, 0.2) is 176 Å². The minimum Gasteiger partial charge on any atom is -0.307 e. The van der Waals surface area contributed by atoms with Gasteiger partial charge in [-0.15, -0.1) is 0 Å². The first-order chi connectivity index (χ1) is 26.7. The Kier molecular flexibility index (Phi) is 7.55. The third kappa shape index (κ3) is 5.14. The summed E-state index contributed by atoms with van der Waals surface area (Å²) in [5.74, 6) is 0.631. The number of allylic oxidation sites excluding steroid dienone is 1. The van der Waals surface area contributed by atoms with E-state index in [9.17, 15) is 0 Å². The lowest BCUT2D eigenvalue weighted by Crippen LogP contribution is -2.07. The standard InChI is InChI=1S/C50H36N4/c1-3-15-46-33(2)41-28-29-43-42-24-12-13-25-47(42)53(40-22-8-5-9-23-40)49(43)48(41)54(46)50-51-44(35-17-6-4-7-18-35)32-45(52-50)39-21-14-20-37(31-39)38-27-26-34-16-10-11-19-36(34)30-38/h3-32H,1-2H3/b15-3-. The number of para-hydroxylation sites is 2. The molecular weight excluding hydrogens is 657 g/mol. The minimum atomic E-state index is 0.631. The Morgan fingerprint density at radius 3 is 1.91 bits per heavy atom. The molecular formula is C50H36N4. The molecule has 0 aliphatic carbocycles. The molecule has 0 aliphatic heterocycles. The first-order valence-electron chi connectivity index (χ1n) is 18.5. The van der Waals surface area contributed by atoms with Crippen molar-refractivity contribution >= 4 is 49.6 Å². The molecule has 0 radical (unpaired) electrons. The van der Waals surface area contributed by atoms with Crippen LogP contribution in [0.25, 0.3) is 94.8 Å². The van der Waals surface area contributed by atoms with Gasteiger partial charge in [-0.25, -0.2) is 9.97 Å². The lowest BCUT2D eigenvalue weighted by molar-refractivity contribution is 0.955. The molecule has 4 heteroatoms. The van der Waals surface area contributed by atoms with E-state index in [1.165, 1.54) is 38.1 Å². The molecule has 0 fully saturated rings. The van der Waals surface area contributed by atoms with Crippen LogP contribution < -0.4 is 0 Å². The van der Waals surface area contributed by atoms with Crippen LogP contribution in [0.5, 0.6) is 0 Å². The second kappa shape index (κ2) is 12.9. The van der Waals surface area contributed by atoms with E-state index in [4.69, 9.17) is 9.97 Å². The number of hydrogen-bond donors (Lipinski definition) is 0. The molecule has 7 aromatic carbocycles. The first kappa shape index (κ1) is 31.7. The zero-order valence-electron chi connectivity index (χ0n) is 30.1. The molecule has 0 saturated heterocycles. The summed E-state index contributed by atoms with van der Waals surface area (Å²) in [6, 6.07) is 60.4. The summed E-state index contributed by atoms with van der Waals surface area (Å²) in [4.78, 5) is 10.9. The van der Waals surface area contributed by atoms with Crippen molar-refractivity contribution in [3.05, 3.63) is 187 Å². The van der Waals surface area contributed by atoms with Crippen molar-refractivity contribution in [3.8, 4) is 45.3 Å². The molecule has 0 atom stereocenters. The zero-order chi connectivity index (χ0) is 36.2. The number of aromatic nitrogens is 4. The molecule has 0 spiro atoms. The van der Waals surface area contributed by atoms with E-state index in [1.807, 2.05) is 6.07 Å². The van der Waals surface area contributed by atoms with Crippen LogP contribution in [-0.4, -0.2) is 19.1 Å². The van der Waals surface area contributed by atoms with Crippen molar-refractivity contribution < 1.29 is 0 Å². The fourth-order valence-corrected chi connectivity index (χ4v) is 8.07. The van der Waals surface area contributed by atoms with Gasteiger partial charge in [0.05, 0.1) is 33.6 Å². The van der Waals surface area contributed by atoms with Crippen molar-refractivity contribution in [3.63, 3.8) is 0 Å². The molecule has 0 unspecified atom stereocenters. The Morgan fingerprint density at radius 2 is 1.09 bits per heavy atom. The maximum absolute atomic E-state index is 5.46. The number of nitrogens with zero attached hydrogens (tertiary/aromatic N) is 4. The van der Waals surface area contributed by atoms with E-state index in [0.717, 1.165) is 56.0 Å². The second-order valence-electron chi connectivity index (χ2n) is 13.8. The molecule has 0 aliphatic rings. The normalized spacial score (nSPS) is 11.8. The predicted octanol–water partition coefficient (Wildman–Crippen LogP) is 13.0. The minimum absolute atomic E-state index is 0.631. The van der Waals surface area contributed by atoms with Gasteiger partial charge in [-0.3, -0.25) is 4.57 Å². The average molecular weight is 693 g/mol. The molecule has 0 saturated carbocycles. The number of benzene rings is 7. The number of aryl methyl sites for hydroxylation is 1. The molecule has 54 heavy (non-hydrogen) atoms. The summed E-state index contributed by atoms with van der Waals surface area (Å²) >= 11 is 0. The van der Waals surface area contributed by atoms with E-state index in [2.05, 4.69) is 199 Å². The van der Waals surface area contributed by atoms with Crippen molar-refractivity contribution in [1.29, 1.82) is 0 Å². The van der Waals surface area contributed by atoms with Crippen molar-refractivity contribution in [1.82, 2.24) is 19.1 Å². The van der Waals surface area contributed by atoms with Gasteiger partial charge in [0.1, 0.15) is 0 Å². The summed E-state index contributed by atoms with van der Waals surface area (Å²) in [7, 11) is 0. The van der Waals surface area contributed by atoms with E-state index in [-0.39, 0.29) is 0 Å². The number of rotatable bonds is 6. The highest BCUT2D eigenvalue weighted by atomic mass is 15.2. The van der Waals surface area contributed by atoms with Crippen LogP contribution in [0.4, 0.5) is 0 Å². The Balaban J connectivity index is 1.28. The lowest BCUT2D eigenvalue weighted by atomic mass is 9.98. The molecule has 10 rings (SSSR count). The SMILES string of the molecule is C/C=C\c1c(C)c2ccc3c4ccccc4n(-c4ccccc4)c3c2n1-c1nc(-c2ccccc2)cc(-c2cccc(-c3ccc4ccccc4c3)c2)n1. The van der Waals surface area contributed by atoms with Crippen LogP contribution >= 0.6 is 0 Å². The molecule has 3 heterocycles. The third-order valence-electron chi connectivity index (χ3n) is 10.6. The third-order valence-corrected chi connectivity index (χ3v) is 10.6. The van der Waals surface area contributed by atoms with Gasteiger partial charge in [0.25, 0.3) is 0 Å². The van der Waals surface area contributed by atoms with Gasteiger partial charge in [-0.05, 0) is 83.8 Å². The fraction of sp³-hybridized carbons (Fsp3) is 0.0400. The van der Waals surface area contributed by atoms with Gasteiger partial charge in [-0.1, -0.05) is 140 Å². The molecule has 4 nitrogen and oxygen atoms in total. The topological polar surface area (TPSA) is 35.6 Å². The predicted molar refractivity (Wildman–Crippen MR) is 226 cm³/mol. The largest absolute Gasteiger partial charge is 0.307 e. The first-order valence-corrected chi connectivity index (χ1v) is 18.5. The van der Waals surface area contributed by atoms with Crippen LogP contribution in [0.1, 0.15) is 18.2 Å². The molecule has 0 N–H and O–H groups in total. The van der Waals surface area contributed by atoms with E-state index in [1.54, 1.807) is 0 Å². The maximum Gasteiger partial charge on any atom is 0.235 e. The molecule has 0 amide bonds. The smallest absolute Gasteiger partial charge is 0.235 e. The van der Waals surface area contributed by atoms with Crippen LogP contribution in [0, 0.1) is 6.92 Å². The molecule has 10 aromatic rings. The summed E-state index contributed by atoms with van der Waals surface area (Å²) < 4.78 is 4.69. The van der Waals surface area contributed by atoms with E-state index in [0.29, 0.717) is 5.95 Å². The Bertz CT molecular complexity index is 3060. The molecule has 0 bridgehead atoms. The Hall–Kier alpha value is -7.04. The summed E-state index contributed by atoms with van der Waals surface area (Å²) in [6.45, 7) is 4.29. The van der Waals surface area contributed by atoms with Gasteiger partial charge in [0, 0.05) is 33.0 Å². The van der Waals surface area contributed by atoms with Crippen molar-refractivity contribution in [2.24, 2.45) is 0 Å². The van der Waals surface area contributed by atoms with Crippen LogP contribution in [0.2, 0.25) is 0 Å².